The van der Waals surface area contributed by atoms with E-state index in [9.17, 15) is 0 Å². The zero-order chi connectivity index (χ0) is 15.1. The Morgan fingerprint density at radius 2 is 2.00 bits per heavy atom. The van der Waals surface area contributed by atoms with Crippen molar-refractivity contribution in [3.8, 4) is 11.6 Å². The summed E-state index contributed by atoms with van der Waals surface area (Å²) in [7, 11) is 0. The molecule has 2 N–H and O–H groups in total. The van der Waals surface area contributed by atoms with E-state index in [4.69, 9.17) is 15.2 Å². The second-order valence-electron chi connectivity index (χ2n) is 4.94. The van der Waals surface area contributed by atoms with Crippen molar-refractivity contribution in [2.45, 2.75) is 26.3 Å². The number of pyridine rings is 2. The lowest BCUT2D eigenvalue weighted by Gasteiger charge is -2.14. The van der Waals surface area contributed by atoms with E-state index in [2.05, 4.69) is 16.9 Å². The van der Waals surface area contributed by atoms with Gasteiger partial charge in [-0.3, -0.25) is 4.98 Å². The summed E-state index contributed by atoms with van der Waals surface area (Å²) in [5, 5.41) is 0. The van der Waals surface area contributed by atoms with Crippen LogP contribution in [-0.4, -0.2) is 29.2 Å². The SMILES string of the molecule is CCc1cncc(OC[C@@H](N)COc2cc(C)ccn2)c1. The molecule has 0 unspecified atom stereocenters. The average Bonchev–Trinajstić information content (AvgIpc) is 2.51. The maximum Gasteiger partial charge on any atom is 0.213 e. The molecule has 0 aliphatic heterocycles. The van der Waals surface area contributed by atoms with E-state index in [0.717, 1.165) is 23.3 Å². The molecule has 5 nitrogen and oxygen atoms in total. The minimum atomic E-state index is -0.224. The van der Waals surface area contributed by atoms with Crippen LogP contribution in [0.5, 0.6) is 11.6 Å². The Hall–Kier alpha value is -2.14. The van der Waals surface area contributed by atoms with Crippen molar-refractivity contribution in [2.24, 2.45) is 5.73 Å². The highest BCUT2D eigenvalue weighted by atomic mass is 16.5. The molecular formula is C16H21N3O2. The second kappa shape index (κ2) is 7.59. The Morgan fingerprint density at radius 1 is 1.19 bits per heavy atom. The fourth-order valence-electron chi connectivity index (χ4n) is 1.77. The molecule has 2 rings (SSSR count). The van der Waals surface area contributed by atoms with Crippen molar-refractivity contribution < 1.29 is 9.47 Å². The summed E-state index contributed by atoms with van der Waals surface area (Å²) in [6.45, 7) is 4.80. The van der Waals surface area contributed by atoms with Gasteiger partial charge in [0.05, 0.1) is 12.2 Å². The third-order valence-corrected chi connectivity index (χ3v) is 2.98. The third kappa shape index (κ3) is 5.04. The van der Waals surface area contributed by atoms with Crippen molar-refractivity contribution in [1.82, 2.24) is 9.97 Å². The highest BCUT2D eigenvalue weighted by Gasteiger charge is 2.06. The number of aryl methyl sites for hydroxylation is 2. The van der Waals surface area contributed by atoms with E-state index in [1.807, 2.05) is 31.3 Å². The average molecular weight is 287 g/mol. The van der Waals surface area contributed by atoms with E-state index in [1.54, 1.807) is 12.4 Å². The molecule has 0 fully saturated rings. The quantitative estimate of drug-likeness (QED) is 0.844. The maximum atomic E-state index is 5.98. The summed E-state index contributed by atoms with van der Waals surface area (Å²) < 4.78 is 11.2. The van der Waals surface area contributed by atoms with E-state index in [0.29, 0.717) is 19.1 Å². The van der Waals surface area contributed by atoms with E-state index >= 15 is 0 Å². The second-order valence-corrected chi connectivity index (χ2v) is 4.94. The van der Waals surface area contributed by atoms with Crippen LogP contribution in [0.4, 0.5) is 0 Å². The van der Waals surface area contributed by atoms with Crippen LogP contribution in [-0.2, 0) is 6.42 Å². The zero-order valence-corrected chi connectivity index (χ0v) is 12.5. The number of ether oxygens (including phenoxy) is 2. The molecule has 2 aromatic rings. The molecular weight excluding hydrogens is 266 g/mol. The molecule has 5 heteroatoms. The molecule has 21 heavy (non-hydrogen) atoms. The standard InChI is InChI=1S/C16H21N3O2/c1-3-13-7-15(9-18-8-13)20-10-14(17)11-21-16-6-12(2)4-5-19-16/h4-9,14H,3,10-11,17H2,1-2H3/t14-/m1/s1. The van der Waals surface area contributed by atoms with Gasteiger partial charge in [-0.05, 0) is 36.6 Å². The first kappa shape index (κ1) is 15.3. The minimum Gasteiger partial charge on any atom is -0.490 e. The van der Waals surface area contributed by atoms with Gasteiger partial charge in [0, 0.05) is 18.5 Å². The molecule has 0 bridgehead atoms. The van der Waals surface area contributed by atoms with Gasteiger partial charge in [0.2, 0.25) is 5.88 Å². The smallest absolute Gasteiger partial charge is 0.213 e. The fourth-order valence-corrected chi connectivity index (χ4v) is 1.77. The maximum absolute atomic E-state index is 5.98. The predicted molar refractivity (Wildman–Crippen MR) is 81.6 cm³/mol. The number of hydrogen-bond acceptors (Lipinski definition) is 5. The van der Waals surface area contributed by atoms with Crippen molar-refractivity contribution in [3.05, 3.63) is 47.9 Å². The largest absolute Gasteiger partial charge is 0.490 e. The fraction of sp³-hybridized carbons (Fsp3) is 0.375. The summed E-state index contributed by atoms with van der Waals surface area (Å²) in [5.41, 5.74) is 8.22. The minimum absolute atomic E-state index is 0.224. The first-order valence-corrected chi connectivity index (χ1v) is 7.05. The van der Waals surface area contributed by atoms with Gasteiger partial charge >= 0.3 is 0 Å². The Balaban J connectivity index is 1.78. The molecule has 0 aliphatic rings. The van der Waals surface area contributed by atoms with Gasteiger partial charge in [-0.25, -0.2) is 4.98 Å². The molecule has 0 amide bonds. The number of hydrogen-bond donors (Lipinski definition) is 1. The Bertz CT molecular complexity index is 575. The topological polar surface area (TPSA) is 70.3 Å². The van der Waals surface area contributed by atoms with Crippen LogP contribution >= 0.6 is 0 Å². The van der Waals surface area contributed by atoms with Crippen molar-refractivity contribution in [2.75, 3.05) is 13.2 Å². The molecule has 2 aromatic heterocycles. The van der Waals surface area contributed by atoms with Crippen LogP contribution in [0.3, 0.4) is 0 Å². The number of aromatic nitrogens is 2. The van der Waals surface area contributed by atoms with Gasteiger partial charge in [-0.15, -0.1) is 0 Å². The molecule has 0 radical (unpaired) electrons. The van der Waals surface area contributed by atoms with Crippen LogP contribution in [0.2, 0.25) is 0 Å². The lowest BCUT2D eigenvalue weighted by Crippen LogP contribution is -2.34. The highest BCUT2D eigenvalue weighted by Crippen LogP contribution is 2.12. The molecule has 2 heterocycles. The normalized spacial score (nSPS) is 12.0. The molecule has 0 aromatic carbocycles. The number of nitrogens with two attached hydrogens (primary N) is 1. The van der Waals surface area contributed by atoms with Gasteiger partial charge in [0.1, 0.15) is 19.0 Å². The molecule has 112 valence electrons. The zero-order valence-electron chi connectivity index (χ0n) is 12.5. The molecule has 0 aliphatic carbocycles. The highest BCUT2D eigenvalue weighted by molar-refractivity contribution is 5.23. The molecule has 0 spiro atoms. The number of nitrogens with zero attached hydrogens (tertiary/aromatic N) is 2. The summed E-state index contributed by atoms with van der Waals surface area (Å²) >= 11 is 0. The van der Waals surface area contributed by atoms with Gasteiger partial charge in [-0.2, -0.15) is 0 Å². The van der Waals surface area contributed by atoms with Crippen LogP contribution in [0.25, 0.3) is 0 Å². The van der Waals surface area contributed by atoms with Gasteiger partial charge in [0.25, 0.3) is 0 Å². The molecule has 1 atom stereocenters. The summed E-state index contributed by atoms with van der Waals surface area (Å²) in [6, 6.07) is 5.55. The number of rotatable bonds is 7. The van der Waals surface area contributed by atoms with Crippen LogP contribution in [0, 0.1) is 6.92 Å². The van der Waals surface area contributed by atoms with Gasteiger partial charge < -0.3 is 15.2 Å². The Labute approximate surface area is 125 Å². The van der Waals surface area contributed by atoms with E-state index in [-0.39, 0.29) is 6.04 Å². The van der Waals surface area contributed by atoms with Crippen molar-refractivity contribution >= 4 is 0 Å². The van der Waals surface area contributed by atoms with E-state index in [1.165, 1.54) is 0 Å². The van der Waals surface area contributed by atoms with Crippen LogP contribution in [0.15, 0.2) is 36.8 Å². The first-order chi connectivity index (χ1) is 10.2. The summed E-state index contributed by atoms with van der Waals surface area (Å²) in [6.07, 6.45) is 6.17. The van der Waals surface area contributed by atoms with Gasteiger partial charge in [-0.1, -0.05) is 6.92 Å². The van der Waals surface area contributed by atoms with E-state index < -0.39 is 0 Å². The monoisotopic (exact) mass is 287 g/mol. The molecule has 0 saturated carbocycles. The van der Waals surface area contributed by atoms with Crippen LogP contribution < -0.4 is 15.2 Å². The van der Waals surface area contributed by atoms with Gasteiger partial charge in [0.15, 0.2) is 0 Å². The molecule has 0 saturated heterocycles. The lowest BCUT2D eigenvalue weighted by atomic mass is 10.2. The predicted octanol–water partition coefficient (Wildman–Crippen LogP) is 2.13. The Kier molecular flexibility index (Phi) is 5.51. The summed E-state index contributed by atoms with van der Waals surface area (Å²) in [5.74, 6) is 1.32. The third-order valence-electron chi connectivity index (χ3n) is 2.98. The lowest BCUT2D eigenvalue weighted by molar-refractivity contribution is 0.215. The van der Waals surface area contributed by atoms with Crippen LogP contribution in [0.1, 0.15) is 18.1 Å². The Morgan fingerprint density at radius 3 is 2.76 bits per heavy atom. The van der Waals surface area contributed by atoms with Crippen molar-refractivity contribution in [1.29, 1.82) is 0 Å². The first-order valence-electron chi connectivity index (χ1n) is 7.05. The van der Waals surface area contributed by atoms with Crippen molar-refractivity contribution in [3.63, 3.8) is 0 Å². The summed E-state index contributed by atoms with van der Waals surface area (Å²) in [4.78, 5) is 8.25.